The van der Waals surface area contributed by atoms with Gasteiger partial charge in [0.1, 0.15) is 5.82 Å². The van der Waals surface area contributed by atoms with Crippen LogP contribution < -0.4 is 5.32 Å². The molecule has 0 amide bonds. The fourth-order valence-corrected chi connectivity index (χ4v) is 2.76. The van der Waals surface area contributed by atoms with Gasteiger partial charge in [0.05, 0.1) is 11.1 Å². The van der Waals surface area contributed by atoms with Gasteiger partial charge in [-0.3, -0.25) is 0 Å². The minimum absolute atomic E-state index is 0.0552. The van der Waals surface area contributed by atoms with Crippen LogP contribution in [0.2, 0.25) is 5.28 Å². The number of hydrogen-bond donors (Lipinski definition) is 1. The molecule has 7 heteroatoms. The van der Waals surface area contributed by atoms with Crippen molar-refractivity contribution in [1.29, 1.82) is 0 Å². The van der Waals surface area contributed by atoms with Gasteiger partial charge in [-0.1, -0.05) is 0 Å². The first-order valence-corrected chi connectivity index (χ1v) is 7.36. The number of hydrogen-bond acceptors (Lipinski definition) is 5. The van der Waals surface area contributed by atoms with Crippen LogP contribution in [0.3, 0.4) is 0 Å². The maximum absolute atomic E-state index is 6.04. The number of nitrogens with zero attached hydrogens (tertiary/aromatic N) is 4. The number of aromatic nitrogens is 4. The summed E-state index contributed by atoms with van der Waals surface area (Å²) in [5.74, 6) is 0.738. The van der Waals surface area contributed by atoms with Crippen molar-refractivity contribution >= 4 is 28.5 Å². The van der Waals surface area contributed by atoms with E-state index in [-0.39, 0.29) is 11.5 Å². The Balaban J connectivity index is 2.14. The first kappa shape index (κ1) is 13.6. The molecule has 0 saturated carbocycles. The largest absolute Gasteiger partial charge is 0.370 e. The van der Waals surface area contributed by atoms with E-state index in [1.54, 1.807) is 0 Å². The molecular formula is C13H18ClN5O. The monoisotopic (exact) mass is 295 g/mol. The second kappa shape index (κ2) is 5.54. The average Bonchev–Trinajstić information content (AvgIpc) is 2.77. The highest BCUT2D eigenvalue weighted by molar-refractivity contribution is 6.28. The van der Waals surface area contributed by atoms with Crippen LogP contribution in [0.25, 0.3) is 11.0 Å². The van der Waals surface area contributed by atoms with Crippen molar-refractivity contribution in [2.45, 2.75) is 39.3 Å². The topological polar surface area (TPSA) is 64.9 Å². The lowest BCUT2D eigenvalue weighted by Crippen LogP contribution is -2.19. The molecule has 1 atom stereocenters. The predicted octanol–water partition coefficient (Wildman–Crippen LogP) is 2.92. The number of rotatable bonds is 3. The van der Waals surface area contributed by atoms with Crippen molar-refractivity contribution in [3.8, 4) is 0 Å². The number of anilines is 1. The normalized spacial score (nSPS) is 19.4. The number of aryl methyl sites for hydroxylation is 1. The Morgan fingerprint density at radius 3 is 2.95 bits per heavy atom. The van der Waals surface area contributed by atoms with Crippen LogP contribution in [0, 0.1) is 6.92 Å². The quantitative estimate of drug-likeness (QED) is 0.882. The van der Waals surface area contributed by atoms with E-state index in [1.165, 1.54) is 0 Å². The van der Waals surface area contributed by atoms with Crippen LogP contribution >= 0.6 is 11.6 Å². The van der Waals surface area contributed by atoms with Gasteiger partial charge in [0.15, 0.2) is 11.9 Å². The van der Waals surface area contributed by atoms with E-state index >= 15 is 0 Å². The van der Waals surface area contributed by atoms with Gasteiger partial charge in [-0.2, -0.15) is 15.1 Å². The molecule has 2 aromatic heterocycles. The van der Waals surface area contributed by atoms with Gasteiger partial charge in [0, 0.05) is 13.2 Å². The smallest absolute Gasteiger partial charge is 0.226 e. The van der Waals surface area contributed by atoms with Gasteiger partial charge >= 0.3 is 0 Å². The minimum Gasteiger partial charge on any atom is -0.370 e. The average molecular weight is 296 g/mol. The van der Waals surface area contributed by atoms with E-state index in [0.717, 1.165) is 55.0 Å². The summed E-state index contributed by atoms with van der Waals surface area (Å²) in [5, 5.41) is 8.96. The van der Waals surface area contributed by atoms with Crippen LogP contribution in [0.4, 0.5) is 5.82 Å². The predicted molar refractivity (Wildman–Crippen MR) is 78.1 cm³/mol. The third kappa shape index (κ3) is 2.33. The highest BCUT2D eigenvalue weighted by Gasteiger charge is 2.23. The molecule has 1 aliphatic heterocycles. The second-order valence-corrected chi connectivity index (χ2v) is 5.26. The molecule has 20 heavy (non-hydrogen) atoms. The van der Waals surface area contributed by atoms with Crippen molar-refractivity contribution < 1.29 is 4.74 Å². The molecule has 0 aliphatic carbocycles. The first-order chi connectivity index (χ1) is 9.70. The molecule has 108 valence electrons. The number of fused-ring (bicyclic) bond motifs is 1. The Morgan fingerprint density at radius 1 is 1.40 bits per heavy atom. The second-order valence-electron chi connectivity index (χ2n) is 4.92. The molecular weight excluding hydrogens is 278 g/mol. The summed E-state index contributed by atoms with van der Waals surface area (Å²) in [6.45, 7) is 5.52. The number of halogens is 1. The number of ether oxygens (including phenoxy) is 1. The molecule has 1 saturated heterocycles. The molecule has 1 N–H and O–H groups in total. The summed E-state index contributed by atoms with van der Waals surface area (Å²) in [7, 11) is 0. The van der Waals surface area contributed by atoms with Gasteiger partial charge in [0.2, 0.25) is 5.28 Å². The Hall–Kier alpha value is -1.40. The lowest BCUT2D eigenvalue weighted by Gasteiger charge is -2.23. The Morgan fingerprint density at radius 2 is 2.25 bits per heavy atom. The Bertz CT molecular complexity index is 621. The van der Waals surface area contributed by atoms with Crippen LogP contribution in [0.5, 0.6) is 0 Å². The lowest BCUT2D eigenvalue weighted by molar-refractivity contribution is -0.0371. The van der Waals surface area contributed by atoms with Crippen molar-refractivity contribution in [3.63, 3.8) is 0 Å². The Labute approximate surface area is 122 Å². The molecule has 1 fully saturated rings. The molecule has 1 aliphatic rings. The van der Waals surface area contributed by atoms with Gasteiger partial charge in [-0.25, -0.2) is 4.68 Å². The van der Waals surface area contributed by atoms with Gasteiger partial charge in [0.25, 0.3) is 0 Å². The summed E-state index contributed by atoms with van der Waals surface area (Å²) in [5.41, 5.74) is 1.63. The van der Waals surface area contributed by atoms with Crippen LogP contribution in [-0.4, -0.2) is 32.9 Å². The third-order valence-corrected chi connectivity index (χ3v) is 3.64. The standard InChI is InChI=1S/C13H18ClN5O/c1-3-15-11-10-8(2)18-19(9-6-4-5-7-20-9)12(10)17-13(14)16-11/h9H,3-7H2,1-2H3,(H,15,16,17). The molecule has 6 nitrogen and oxygen atoms in total. The molecule has 2 aromatic rings. The third-order valence-electron chi connectivity index (χ3n) is 3.47. The molecule has 1 unspecified atom stereocenters. The van der Waals surface area contributed by atoms with Crippen LogP contribution in [0.1, 0.15) is 38.1 Å². The summed E-state index contributed by atoms with van der Waals surface area (Å²) >= 11 is 6.04. The van der Waals surface area contributed by atoms with Crippen molar-refractivity contribution in [2.24, 2.45) is 0 Å². The molecule has 0 bridgehead atoms. The van der Waals surface area contributed by atoms with Gasteiger partial charge in [-0.05, 0) is 44.7 Å². The molecule has 0 radical (unpaired) electrons. The zero-order valence-corrected chi connectivity index (χ0v) is 12.4. The summed E-state index contributed by atoms with van der Waals surface area (Å²) in [4.78, 5) is 8.61. The van der Waals surface area contributed by atoms with E-state index in [2.05, 4.69) is 20.4 Å². The fourth-order valence-electron chi connectivity index (χ4n) is 2.59. The number of nitrogens with one attached hydrogen (secondary N) is 1. The molecule has 3 heterocycles. The van der Waals surface area contributed by atoms with Gasteiger partial charge < -0.3 is 10.1 Å². The van der Waals surface area contributed by atoms with Crippen molar-refractivity contribution in [3.05, 3.63) is 11.0 Å². The molecule has 0 aromatic carbocycles. The molecule has 0 spiro atoms. The zero-order valence-electron chi connectivity index (χ0n) is 11.7. The summed E-state index contributed by atoms with van der Waals surface area (Å²) in [6, 6.07) is 0. The maximum Gasteiger partial charge on any atom is 0.226 e. The van der Waals surface area contributed by atoms with E-state index in [4.69, 9.17) is 16.3 Å². The highest BCUT2D eigenvalue weighted by Crippen LogP contribution is 2.30. The zero-order chi connectivity index (χ0) is 14.1. The van der Waals surface area contributed by atoms with E-state index in [0.29, 0.717) is 0 Å². The van der Waals surface area contributed by atoms with Gasteiger partial charge in [-0.15, -0.1) is 0 Å². The SMILES string of the molecule is CCNc1nc(Cl)nc2c1c(C)nn2C1CCCCO1. The van der Waals surface area contributed by atoms with E-state index in [9.17, 15) is 0 Å². The van der Waals surface area contributed by atoms with Crippen molar-refractivity contribution in [2.75, 3.05) is 18.5 Å². The maximum atomic E-state index is 6.04. The summed E-state index contributed by atoms with van der Waals surface area (Å²) < 4.78 is 7.65. The van der Waals surface area contributed by atoms with Crippen LogP contribution in [0.15, 0.2) is 0 Å². The Kier molecular flexibility index (Phi) is 3.76. The minimum atomic E-state index is -0.0552. The first-order valence-electron chi connectivity index (χ1n) is 6.98. The lowest BCUT2D eigenvalue weighted by atomic mass is 10.2. The molecule has 3 rings (SSSR count). The summed E-state index contributed by atoms with van der Waals surface area (Å²) in [6.07, 6.45) is 3.14. The highest BCUT2D eigenvalue weighted by atomic mass is 35.5. The van der Waals surface area contributed by atoms with Crippen molar-refractivity contribution in [1.82, 2.24) is 19.7 Å². The van der Waals surface area contributed by atoms with E-state index < -0.39 is 0 Å². The fraction of sp³-hybridized carbons (Fsp3) is 0.615. The van der Waals surface area contributed by atoms with Crippen LogP contribution in [-0.2, 0) is 4.74 Å². The van der Waals surface area contributed by atoms with E-state index in [1.807, 2.05) is 18.5 Å².